The standard InChI is InChI=1S/C37H36O6/c1-4-28(42-36(38)26-14-8-6-9-15-26)23-40-34-30-18-12-13-19-31(30)35(33-22-25(3)20-21-32(33)34)41-24-29(5-2)43-37(39)27-16-10-7-11-17-27/h6-22,28-29H,4-5,23-24H2,1-3H3. The van der Waals surface area contributed by atoms with E-state index in [0.717, 1.165) is 27.1 Å². The smallest absolute Gasteiger partial charge is 0.338 e. The monoisotopic (exact) mass is 576 g/mol. The largest absolute Gasteiger partial charge is 0.488 e. The fourth-order valence-corrected chi connectivity index (χ4v) is 4.93. The van der Waals surface area contributed by atoms with Crippen LogP contribution in [0.2, 0.25) is 0 Å². The maximum Gasteiger partial charge on any atom is 0.338 e. The third-order valence-electron chi connectivity index (χ3n) is 7.38. The van der Waals surface area contributed by atoms with Crippen LogP contribution >= 0.6 is 0 Å². The van der Waals surface area contributed by atoms with Crippen LogP contribution in [0, 0.1) is 6.92 Å². The van der Waals surface area contributed by atoms with Crippen molar-refractivity contribution in [1.82, 2.24) is 0 Å². The topological polar surface area (TPSA) is 71.1 Å². The maximum atomic E-state index is 12.7. The molecule has 0 aliphatic carbocycles. The molecule has 2 atom stereocenters. The van der Waals surface area contributed by atoms with Crippen molar-refractivity contribution < 1.29 is 28.5 Å². The summed E-state index contributed by atoms with van der Waals surface area (Å²) in [5, 5.41) is 3.55. The van der Waals surface area contributed by atoms with E-state index in [1.165, 1.54) is 0 Å². The lowest BCUT2D eigenvalue weighted by Gasteiger charge is -2.22. The van der Waals surface area contributed by atoms with Gasteiger partial charge in [-0.2, -0.15) is 0 Å². The van der Waals surface area contributed by atoms with E-state index in [1.807, 2.05) is 93.6 Å². The van der Waals surface area contributed by atoms with Crippen LogP contribution in [0.3, 0.4) is 0 Å². The first-order valence-electron chi connectivity index (χ1n) is 14.7. The minimum atomic E-state index is -0.424. The van der Waals surface area contributed by atoms with Crippen LogP contribution < -0.4 is 9.47 Å². The van der Waals surface area contributed by atoms with Crippen LogP contribution in [-0.2, 0) is 9.47 Å². The number of rotatable bonds is 12. The Balaban J connectivity index is 1.42. The zero-order valence-electron chi connectivity index (χ0n) is 24.7. The van der Waals surface area contributed by atoms with Gasteiger partial charge in [-0.05, 0) is 50.1 Å². The van der Waals surface area contributed by atoms with E-state index in [-0.39, 0.29) is 25.2 Å². The Morgan fingerprint density at radius 3 is 1.44 bits per heavy atom. The van der Waals surface area contributed by atoms with Crippen molar-refractivity contribution in [1.29, 1.82) is 0 Å². The molecule has 220 valence electrons. The van der Waals surface area contributed by atoms with Gasteiger partial charge in [-0.15, -0.1) is 0 Å². The zero-order valence-corrected chi connectivity index (χ0v) is 24.7. The molecule has 5 aromatic rings. The minimum Gasteiger partial charge on any atom is -0.488 e. The van der Waals surface area contributed by atoms with E-state index >= 15 is 0 Å². The average Bonchev–Trinajstić information content (AvgIpc) is 3.05. The van der Waals surface area contributed by atoms with Crippen molar-refractivity contribution in [3.05, 3.63) is 120 Å². The summed E-state index contributed by atoms with van der Waals surface area (Å²) in [5.41, 5.74) is 2.09. The van der Waals surface area contributed by atoms with Gasteiger partial charge in [-0.3, -0.25) is 0 Å². The van der Waals surface area contributed by atoms with E-state index in [4.69, 9.17) is 18.9 Å². The highest BCUT2D eigenvalue weighted by Crippen LogP contribution is 2.43. The second kappa shape index (κ2) is 13.9. The number of carbonyl (C=O) groups excluding carboxylic acids is 2. The van der Waals surface area contributed by atoms with Crippen molar-refractivity contribution in [3.63, 3.8) is 0 Å². The maximum absolute atomic E-state index is 12.7. The molecule has 0 aromatic heterocycles. The van der Waals surface area contributed by atoms with Gasteiger partial charge in [0.05, 0.1) is 11.1 Å². The summed E-state index contributed by atoms with van der Waals surface area (Å²) in [6, 6.07) is 32.0. The van der Waals surface area contributed by atoms with E-state index in [0.29, 0.717) is 35.5 Å². The number of hydrogen-bond acceptors (Lipinski definition) is 6. The van der Waals surface area contributed by atoms with Gasteiger partial charge in [0.15, 0.2) is 0 Å². The Morgan fingerprint density at radius 1 is 0.558 bits per heavy atom. The summed E-state index contributed by atoms with van der Waals surface area (Å²) in [4.78, 5) is 25.4. The predicted molar refractivity (Wildman–Crippen MR) is 169 cm³/mol. The molecule has 0 saturated heterocycles. The molecule has 0 aliphatic rings. The number of carbonyl (C=O) groups is 2. The van der Waals surface area contributed by atoms with Crippen molar-refractivity contribution >= 4 is 33.5 Å². The van der Waals surface area contributed by atoms with E-state index in [1.54, 1.807) is 24.3 Å². The molecule has 6 nitrogen and oxygen atoms in total. The second-order valence-corrected chi connectivity index (χ2v) is 10.5. The highest BCUT2D eigenvalue weighted by Gasteiger charge is 2.21. The molecule has 0 heterocycles. The molecular weight excluding hydrogens is 540 g/mol. The zero-order chi connectivity index (χ0) is 30.2. The van der Waals surface area contributed by atoms with E-state index in [9.17, 15) is 9.59 Å². The van der Waals surface area contributed by atoms with Crippen molar-refractivity contribution in [2.45, 2.75) is 45.8 Å². The second-order valence-electron chi connectivity index (χ2n) is 10.5. The first-order valence-corrected chi connectivity index (χ1v) is 14.7. The molecule has 0 bridgehead atoms. The van der Waals surface area contributed by atoms with E-state index in [2.05, 4.69) is 6.07 Å². The molecule has 0 fully saturated rings. The summed E-state index contributed by atoms with van der Waals surface area (Å²) < 4.78 is 24.5. The third-order valence-corrected chi connectivity index (χ3v) is 7.38. The lowest BCUT2D eigenvalue weighted by molar-refractivity contribution is 0.0159. The molecule has 6 heteroatoms. The lowest BCUT2D eigenvalue weighted by atomic mass is 9.99. The Bertz CT molecular complexity index is 1700. The predicted octanol–water partition coefficient (Wildman–Crippen LogP) is 8.33. The van der Waals surface area contributed by atoms with Crippen LogP contribution in [0.1, 0.15) is 53.0 Å². The van der Waals surface area contributed by atoms with Gasteiger partial charge in [0.25, 0.3) is 0 Å². The lowest BCUT2D eigenvalue weighted by Crippen LogP contribution is -2.25. The molecule has 0 amide bonds. The van der Waals surface area contributed by atoms with Gasteiger partial charge in [0.2, 0.25) is 0 Å². The Morgan fingerprint density at radius 2 is 0.977 bits per heavy atom. The SMILES string of the molecule is CCC(COc1c2ccccc2c(OCC(CC)OC(=O)c2ccccc2)c2cc(C)ccc12)OC(=O)c1ccccc1. The average molecular weight is 577 g/mol. The number of fused-ring (bicyclic) bond motifs is 2. The summed E-state index contributed by atoms with van der Waals surface area (Å²) in [6.07, 6.45) is 0.364. The van der Waals surface area contributed by atoms with Gasteiger partial charge in [-0.1, -0.05) is 92.2 Å². The van der Waals surface area contributed by atoms with E-state index < -0.39 is 12.2 Å². The summed E-state index contributed by atoms with van der Waals surface area (Å²) >= 11 is 0. The van der Waals surface area contributed by atoms with Gasteiger partial charge >= 0.3 is 11.9 Å². The fraction of sp³-hybridized carbons (Fsp3) is 0.243. The van der Waals surface area contributed by atoms with Crippen LogP contribution in [0.15, 0.2) is 103 Å². The van der Waals surface area contributed by atoms with Crippen molar-refractivity contribution in [2.75, 3.05) is 13.2 Å². The highest BCUT2D eigenvalue weighted by molar-refractivity contribution is 6.11. The number of aryl methyl sites for hydroxylation is 1. The summed E-state index contributed by atoms with van der Waals surface area (Å²) in [6.45, 7) is 6.38. The Kier molecular flexibility index (Phi) is 9.57. The number of ether oxygens (including phenoxy) is 4. The Labute approximate surface area is 252 Å². The molecule has 0 N–H and O–H groups in total. The van der Waals surface area contributed by atoms with Crippen LogP contribution in [0.4, 0.5) is 0 Å². The normalized spacial score (nSPS) is 12.4. The molecule has 5 aromatic carbocycles. The fourth-order valence-electron chi connectivity index (χ4n) is 4.93. The summed E-state index contributed by atoms with van der Waals surface area (Å²) in [7, 11) is 0. The quantitative estimate of drug-likeness (QED) is 0.110. The number of benzene rings is 5. The molecular formula is C37H36O6. The van der Waals surface area contributed by atoms with Crippen LogP contribution in [0.5, 0.6) is 11.5 Å². The first-order chi connectivity index (χ1) is 21.0. The van der Waals surface area contributed by atoms with Crippen molar-refractivity contribution in [2.24, 2.45) is 0 Å². The molecule has 0 spiro atoms. The highest BCUT2D eigenvalue weighted by atomic mass is 16.6. The van der Waals surface area contributed by atoms with Gasteiger partial charge in [-0.25, -0.2) is 9.59 Å². The number of hydrogen-bond donors (Lipinski definition) is 0. The first kappa shape index (κ1) is 29.6. The summed E-state index contributed by atoms with van der Waals surface area (Å²) in [5.74, 6) is 0.667. The molecule has 43 heavy (non-hydrogen) atoms. The minimum absolute atomic E-state index is 0.204. The van der Waals surface area contributed by atoms with Crippen LogP contribution in [-0.4, -0.2) is 37.4 Å². The Hall–Kier alpha value is -4.84. The van der Waals surface area contributed by atoms with Crippen LogP contribution in [0.25, 0.3) is 21.5 Å². The molecule has 0 saturated carbocycles. The molecule has 0 aliphatic heterocycles. The molecule has 5 rings (SSSR count). The van der Waals surface area contributed by atoms with Crippen molar-refractivity contribution in [3.8, 4) is 11.5 Å². The van der Waals surface area contributed by atoms with Gasteiger partial charge < -0.3 is 18.9 Å². The van der Waals surface area contributed by atoms with Gasteiger partial charge in [0.1, 0.15) is 36.9 Å². The third kappa shape index (κ3) is 6.97. The number of esters is 2. The van der Waals surface area contributed by atoms with Gasteiger partial charge in [0, 0.05) is 21.5 Å². The molecule has 0 radical (unpaired) electrons. The molecule has 2 unspecified atom stereocenters.